The lowest BCUT2D eigenvalue weighted by Crippen LogP contribution is -2.13. The molecule has 0 aliphatic carbocycles. The lowest BCUT2D eigenvalue weighted by Gasteiger charge is -2.08. The number of aromatic nitrogens is 2. The standard InChI is InChI=1S/C15H12F2N4O2S/c1-2-12-20-21-15(24-12)19-13(22)10(8-18)7-9-5-3-4-6-11(9)23-14(16)17/h3-7,14H,2H2,1H3,(H,19,21,22)/b10-7+. The number of carbonyl (C=O) groups excluding carboxylic acids is 1. The molecule has 2 aromatic rings. The fraction of sp³-hybridized carbons (Fsp3) is 0.200. The Bertz CT molecular complexity index is 799. The van der Waals surface area contributed by atoms with E-state index in [4.69, 9.17) is 5.26 Å². The maximum absolute atomic E-state index is 12.4. The fourth-order valence-electron chi connectivity index (χ4n) is 1.72. The Labute approximate surface area is 140 Å². The van der Waals surface area contributed by atoms with Crippen molar-refractivity contribution in [3.05, 3.63) is 40.4 Å². The van der Waals surface area contributed by atoms with Gasteiger partial charge in [0.1, 0.15) is 22.4 Å². The van der Waals surface area contributed by atoms with Crippen molar-refractivity contribution >= 4 is 28.5 Å². The third-order valence-corrected chi connectivity index (χ3v) is 3.77. The van der Waals surface area contributed by atoms with Gasteiger partial charge in [0.2, 0.25) is 5.13 Å². The predicted octanol–water partition coefficient (Wildman–Crippen LogP) is 3.25. The molecule has 6 nitrogen and oxygen atoms in total. The number of benzene rings is 1. The van der Waals surface area contributed by atoms with E-state index in [0.717, 1.165) is 5.01 Å². The number of nitrogens with zero attached hydrogens (tertiary/aromatic N) is 3. The third-order valence-electron chi connectivity index (χ3n) is 2.79. The van der Waals surface area contributed by atoms with Crippen LogP contribution >= 0.6 is 11.3 Å². The Morgan fingerprint density at radius 1 is 1.46 bits per heavy atom. The van der Waals surface area contributed by atoms with Crippen LogP contribution in [0.4, 0.5) is 13.9 Å². The molecule has 9 heteroatoms. The normalized spacial score (nSPS) is 11.2. The lowest BCUT2D eigenvalue weighted by molar-refractivity contribution is -0.112. The summed E-state index contributed by atoms with van der Waals surface area (Å²) in [6.07, 6.45) is 1.85. The number of hydrogen-bond acceptors (Lipinski definition) is 6. The molecule has 0 aliphatic heterocycles. The van der Waals surface area contributed by atoms with Crippen molar-refractivity contribution in [1.29, 1.82) is 5.26 Å². The van der Waals surface area contributed by atoms with Gasteiger partial charge in [-0.2, -0.15) is 14.0 Å². The SMILES string of the molecule is CCc1nnc(NC(=O)/C(C#N)=C/c2ccccc2OC(F)F)s1. The Balaban J connectivity index is 2.22. The fourth-order valence-corrected chi connectivity index (χ4v) is 2.39. The molecule has 0 radical (unpaired) electrons. The average molecular weight is 350 g/mol. The molecule has 1 heterocycles. The van der Waals surface area contributed by atoms with Crippen molar-refractivity contribution in [3.8, 4) is 11.8 Å². The molecule has 0 spiro atoms. The van der Waals surface area contributed by atoms with Crippen molar-refractivity contribution in [2.45, 2.75) is 20.0 Å². The number of para-hydroxylation sites is 1. The van der Waals surface area contributed by atoms with Gasteiger partial charge in [0, 0.05) is 5.56 Å². The molecule has 0 saturated heterocycles. The van der Waals surface area contributed by atoms with E-state index in [1.54, 1.807) is 12.1 Å². The highest BCUT2D eigenvalue weighted by atomic mass is 32.1. The number of nitriles is 1. The molecule has 0 aliphatic rings. The molecule has 1 aromatic heterocycles. The highest BCUT2D eigenvalue weighted by Gasteiger charge is 2.14. The molecule has 124 valence electrons. The van der Waals surface area contributed by atoms with Crippen molar-refractivity contribution < 1.29 is 18.3 Å². The summed E-state index contributed by atoms with van der Waals surface area (Å²) in [4.78, 5) is 12.1. The van der Waals surface area contributed by atoms with Crippen LogP contribution in [0.25, 0.3) is 6.08 Å². The summed E-state index contributed by atoms with van der Waals surface area (Å²) in [7, 11) is 0. The Kier molecular flexibility index (Phi) is 5.92. The molecule has 0 unspecified atom stereocenters. The maximum atomic E-state index is 12.4. The molecule has 1 N–H and O–H groups in total. The Morgan fingerprint density at radius 3 is 2.83 bits per heavy atom. The number of alkyl halides is 2. The summed E-state index contributed by atoms with van der Waals surface area (Å²) >= 11 is 1.19. The quantitative estimate of drug-likeness (QED) is 0.638. The molecule has 0 saturated carbocycles. The minimum absolute atomic E-state index is 0.128. The summed E-state index contributed by atoms with van der Waals surface area (Å²) < 4.78 is 29.2. The smallest absolute Gasteiger partial charge is 0.387 e. The molecular weight excluding hydrogens is 338 g/mol. The Hall–Kier alpha value is -2.86. The molecular formula is C15H12F2N4O2S. The first-order chi connectivity index (χ1) is 11.5. The maximum Gasteiger partial charge on any atom is 0.387 e. The number of nitrogens with one attached hydrogen (secondary N) is 1. The van der Waals surface area contributed by atoms with E-state index in [-0.39, 0.29) is 22.0 Å². The number of ether oxygens (including phenoxy) is 1. The van der Waals surface area contributed by atoms with Gasteiger partial charge < -0.3 is 4.74 Å². The number of aryl methyl sites for hydroxylation is 1. The third kappa shape index (κ3) is 4.57. The van der Waals surface area contributed by atoms with Gasteiger partial charge in [-0.25, -0.2) is 0 Å². The van der Waals surface area contributed by atoms with Gasteiger partial charge in [-0.15, -0.1) is 10.2 Å². The zero-order valence-corrected chi connectivity index (χ0v) is 13.3. The van der Waals surface area contributed by atoms with E-state index in [1.807, 2.05) is 6.92 Å². The first kappa shape index (κ1) is 17.5. The molecule has 2 rings (SSSR count). The van der Waals surface area contributed by atoms with Gasteiger partial charge in [0.05, 0.1) is 0 Å². The minimum atomic E-state index is -3.01. The van der Waals surface area contributed by atoms with E-state index in [0.29, 0.717) is 6.42 Å². The zero-order valence-electron chi connectivity index (χ0n) is 12.5. The van der Waals surface area contributed by atoms with Gasteiger partial charge in [-0.3, -0.25) is 10.1 Å². The molecule has 24 heavy (non-hydrogen) atoms. The first-order valence-electron chi connectivity index (χ1n) is 6.82. The summed E-state index contributed by atoms with van der Waals surface area (Å²) in [5, 5.41) is 20.2. The van der Waals surface area contributed by atoms with E-state index < -0.39 is 12.5 Å². The van der Waals surface area contributed by atoms with Crippen molar-refractivity contribution in [1.82, 2.24) is 10.2 Å². The van der Waals surface area contributed by atoms with Crippen LogP contribution in [0.3, 0.4) is 0 Å². The summed E-state index contributed by atoms with van der Waals surface area (Å²) in [5.74, 6) is -0.833. The molecule has 1 amide bonds. The van der Waals surface area contributed by atoms with Crippen molar-refractivity contribution in [2.75, 3.05) is 5.32 Å². The minimum Gasteiger partial charge on any atom is -0.434 e. The van der Waals surface area contributed by atoms with Gasteiger partial charge in [0.15, 0.2) is 0 Å². The topological polar surface area (TPSA) is 87.9 Å². The van der Waals surface area contributed by atoms with Crippen LogP contribution in [0.15, 0.2) is 29.8 Å². The number of amides is 1. The molecule has 0 bridgehead atoms. The van der Waals surface area contributed by atoms with E-state index in [2.05, 4.69) is 20.3 Å². The lowest BCUT2D eigenvalue weighted by atomic mass is 10.1. The number of hydrogen-bond donors (Lipinski definition) is 1. The van der Waals surface area contributed by atoms with Crippen LogP contribution < -0.4 is 10.1 Å². The summed E-state index contributed by atoms with van der Waals surface area (Å²) in [6, 6.07) is 7.61. The number of carbonyl (C=O) groups is 1. The van der Waals surface area contributed by atoms with Crippen LogP contribution in [0.1, 0.15) is 17.5 Å². The highest BCUT2D eigenvalue weighted by molar-refractivity contribution is 7.15. The van der Waals surface area contributed by atoms with Gasteiger partial charge in [-0.05, 0) is 18.6 Å². The molecule has 0 fully saturated rings. The monoisotopic (exact) mass is 350 g/mol. The zero-order chi connectivity index (χ0) is 17.5. The van der Waals surface area contributed by atoms with E-state index in [1.165, 1.54) is 35.6 Å². The summed E-state index contributed by atoms with van der Waals surface area (Å²) in [5.41, 5.74) is -0.0791. The van der Waals surface area contributed by atoms with Crippen LogP contribution in [0.5, 0.6) is 5.75 Å². The average Bonchev–Trinajstić information content (AvgIpc) is 3.01. The molecule has 0 atom stereocenters. The summed E-state index contributed by atoms with van der Waals surface area (Å²) in [6.45, 7) is -1.11. The Morgan fingerprint density at radius 2 is 2.21 bits per heavy atom. The van der Waals surface area contributed by atoms with Crippen LogP contribution in [-0.2, 0) is 11.2 Å². The van der Waals surface area contributed by atoms with Crippen LogP contribution in [-0.4, -0.2) is 22.7 Å². The second-order valence-corrected chi connectivity index (χ2v) is 5.46. The van der Waals surface area contributed by atoms with Gasteiger partial charge in [0.25, 0.3) is 5.91 Å². The van der Waals surface area contributed by atoms with Crippen molar-refractivity contribution in [2.24, 2.45) is 0 Å². The predicted molar refractivity (Wildman–Crippen MR) is 84.6 cm³/mol. The van der Waals surface area contributed by atoms with Gasteiger partial charge >= 0.3 is 6.61 Å². The second kappa shape index (κ2) is 8.12. The van der Waals surface area contributed by atoms with Crippen LogP contribution in [0, 0.1) is 11.3 Å². The largest absolute Gasteiger partial charge is 0.434 e. The second-order valence-electron chi connectivity index (χ2n) is 4.39. The number of anilines is 1. The van der Waals surface area contributed by atoms with E-state index in [9.17, 15) is 13.6 Å². The number of halogens is 2. The molecule has 1 aromatic carbocycles. The number of rotatable bonds is 6. The van der Waals surface area contributed by atoms with Gasteiger partial charge in [-0.1, -0.05) is 36.5 Å². The first-order valence-corrected chi connectivity index (χ1v) is 7.64. The highest BCUT2D eigenvalue weighted by Crippen LogP contribution is 2.23. The van der Waals surface area contributed by atoms with E-state index >= 15 is 0 Å². The van der Waals surface area contributed by atoms with Crippen molar-refractivity contribution in [3.63, 3.8) is 0 Å². The van der Waals surface area contributed by atoms with Crippen LogP contribution in [0.2, 0.25) is 0 Å².